The first-order valence-corrected chi connectivity index (χ1v) is 5.64. The monoisotopic (exact) mass is 353 g/mol. The standard InChI is InChI=1S/C10H9FINO4/c11-5-1-2-6(7(12)3-5)9(15)13-4-8(14)10(16)17/h1-3,8,14H,4H2,(H,13,15)(H,16,17)/t8-/m0/s1. The molecule has 0 saturated heterocycles. The molecule has 0 radical (unpaired) electrons. The minimum absolute atomic E-state index is 0.226. The lowest BCUT2D eigenvalue weighted by molar-refractivity contribution is -0.146. The van der Waals surface area contributed by atoms with Crippen LogP contribution < -0.4 is 5.32 Å². The van der Waals surface area contributed by atoms with E-state index in [1.165, 1.54) is 12.1 Å². The van der Waals surface area contributed by atoms with E-state index in [4.69, 9.17) is 10.2 Å². The van der Waals surface area contributed by atoms with Gasteiger partial charge in [-0.25, -0.2) is 9.18 Å². The topological polar surface area (TPSA) is 86.6 Å². The van der Waals surface area contributed by atoms with E-state index in [-0.39, 0.29) is 5.56 Å². The van der Waals surface area contributed by atoms with Gasteiger partial charge >= 0.3 is 5.97 Å². The van der Waals surface area contributed by atoms with Crippen LogP contribution in [0.15, 0.2) is 18.2 Å². The summed E-state index contributed by atoms with van der Waals surface area (Å²) in [6.07, 6.45) is -1.66. The van der Waals surface area contributed by atoms with Crippen LogP contribution in [0.25, 0.3) is 0 Å². The second kappa shape index (κ2) is 5.92. The van der Waals surface area contributed by atoms with Crippen molar-refractivity contribution in [3.05, 3.63) is 33.1 Å². The number of carboxylic acid groups (broad SMARTS) is 1. The van der Waals surface area contributed by atoms with Gasteiger partial charge in [0.15, 0.2) is 6.10 Å². The lowest BCUT2D eigenvalue weighted by Gasteiger charge is -2.08. The molecular weight excluding hydrogens is 344 g/mol. The van der Waals surface area contributed by atoms with Gasteiger partial charge in [0, 0.05) is 3.57 Å². The smallest absolute Gasteiger partial charge is 0.334 e. The maximum absolute atomic E-state index is 12.8. The Labute approximate surface area is 110 Å². The largest absolute Gasteiger partial charge is 0.479 e. The molecule has 0 bridgehead atoms. The minimum atomic E-state index is -1.66. The van der Waals surface area contributed by atoms with Crippen molar-refractivity contribution in [1.29, 1.82) is 0 Å². The first-order valence-electron chi connectivity index (χ1n) is 4.56. The lowest BCUT2D eigenvalue weighted by Crippen LogP contribution is -2.36. The summed E-state index contributed by atoms with van der Waals surface area (Å²) in [6.45, 7) is -0.401. The molecule has 1 rings (SSSR count). The maximum Gasteiger partial charge on any atom is 0.334 e. The van der Waals surface area contributed by atoms with Gasteiger partial charge in [-0.2, -0.15) is 0 Å². The number of amides is 1. The molecular formula is C10H9FINO4. The average molecular weight is 353 g/mol. The van der Waals surface area contributed by atoms with E-state index < -0.39 is 30.3 Å². The fourth-order valence-electron chi connectivity index (χ4n) is 1.05. The molecule has 1 atom stereocenters. The predicted molar refractivity (Wildman–Crippen MR) is 65.1 cm³/mol. The van der Waals surface area contributed by atoms with Crippen molar-refractivity contribution < 1.29 is 24.2 Å². The Morgan fingerprint density at radius 2 is 2.12 bits per heavy atom. The summed E-state index contributed by atoms with van der Waals surface area (Å²) in [7, 11) is 0. The summed E-state index contributed by atoms with van der Waals surface area (Å²) < 4.78 is 13.2. The second-order valence-electron chi connectivity index (χ2n) is 3.19. The van der Waals surface area contributed by atoms with Gasteiger partial charge < -0.3 is 15.5 Å². The zero-order valence-electron chi connectivity index (χ0n) is 8.48. The van der Waals surface area contributed by atoms with Crippen LogP contribution in [0.1, 0.15) is 10.4 Å². The minimum Gasteiger partial charge on any atom is -0.479 e. The average Bonchev–Trinajstić information content (AvgIpc) is 2.25. The molecule has 0 fully saturated rings. The highest BCUT2D eigenvalue weighted by Gasteiger charge is 2.16. The molecule has 7 heteroatoms. The number of hydrogen-bond acceptors (Lipinski definition) is 3. The van der Waals surface area contributed by atoms with Gasteiger partial charge in [-0.05, 0) is 40.8 Å². The van der Waals surface area contributed by atoms with Gasteiger partial charge in [-0.1, -0.05) is 0 Å². The van der Waals surface area contributed by atoms with Crippen LogP contribution >= 0.6 is 22.6 Å². The van der Waals surface area contributed by atoms with Crippen molar-refractivity contribution in [2.45, 2.75) is 6.10 Å². The number of benzene rings is 1. The number of hydrogen-bond donors (Lipinski definition) is 3. The first kappa shape index (κ1) is 13.8. The molecule has 0 saturated carbocycles. The molecule has 0 unspecified atom stereocenters. The van der Waals surface area contributed by atoms with Gasteiger partial charge in [0.2, 0.25) is 0 Å². The lowest BCUT2D eigenvalue weighted by atomic mass is 10.2. The Kier molecular flexibility index (Phi) is 4.82. The molecule has 3 N–H and O–H groups in total. The summed E-state index contributed by atoms with van der Waals surface area (Å²) in [5, 5.41) is 19.6. The second-order valence-corrected chi connectivity index (χ2v) is 4.35. The third kappa shape index (κ3) is 3.93. The predicted octanol–water partition coefficient (Wildman–Crippen LogP) is 0.606. The quantitative estimate of drug-likeness (QED) is 0.693. The van der Waals surface area contributed by atoms with Gasteiger partial charge in [0.1, 0.15) is 5.82 Å². The zero-order valence-corrected chi connectivity index (χ0v) is 10.6. The maximum atomic E-state index is 12.8. The van der Waals surface area contributed by atoms with Crippen molar-refractivity contribution in [2.75, 3.05) is 6.54 Å². The summed E-state index contributed by atoms with van der Waals surface area (Å²) in [4.78, 5) is 21.9. The molecule has 0 aliphatic rings. The van der Waals surface area contributed by atoms with E-state index in [1.807, 2.05) is 0 Å². The Morgan fingerprint density at radius 3 is 2.65 bits per heavy atom. The van der Waals surface area contributed by atoms with Gasteiger partial charge in [-0.15, -0.1) is 0 Å². The number of aliphatic carboxylic acids is 1. The molecule has 0 aliphatic carbocycles. The van der Waals surface area contributed by atoms with Crippen LogP contribution in [0, 0.1) is 9.39 Å². The summed E-state index contributed by atoms with van der Waals surface area (Å²) in [5.74, 6) is -2.44. The highest BCUT2D eigenvalue weighted by molar-refractivity contribution is 14.1. The van der Waals surface area contributed by atoms with Crippen molar-refractivity contribution >= 4 is 34.5 Å². The number of carboxylic acids is 1. The highest BCUT2D eigenvalue weighted by atomic mass is 127. The molecule has 5 nitrogen and oxygen atoms in total. The first-order chi connectivity index (χ1) is 7.91. The highest BCUT2D eigenvalue weighted by Crippen LogP contribution is 2.13. The fourth-order valence-corrected chi connectivity index (χ4v) is 1.77. The number of aliphatic hydroxyl groups excluding tert-OH is 1. The summed E-state index contributed by atoms with van der Waals surface area (Å²) in [5.41, 5.74) is 0.226. The van der Waals surface area contributed by atoms with Crippen molar-refractivity contribution in [3.8, 4) is 0 Å². The number of nitrogens with one attached hydrogen (secondary N) is 1. The molecule has 1 aromatic carbocycles. The van der Waals surface area contributed by atoms with Crippen LogP contribution in [-0.4, -0.2) is 34.7 Å². The molecule has 0 spiro atoms. The van der Waals surface area contributed by atoms with E-state index in [9.17, 15) is 14.0 Å². The Morgan fingerprint density at radius 1 is 1.47 bits per heavy atom. The third-order valence-electron chi connectivity index (χ3n) is 1.92. The van der Waals surface area contributed by atoms with E-state index in [0.717, 1.165) is 6.07 Å². The van der Waals surface area contributed by atoms with E-state index in [0.29, 0.717) is 3.57 Å². The molecule has 92 valence electrons. The van der Waals surface area contributed by atoms with Crippen LogP contribution in [0.2, 0.25) is 0 Å². The number of halogens is 2. The fraction of sp³-hybridized carbons (Fsp3) is 0.200. The Balaban J connectivity index is 2.67. The third-order valence-corrected chi connectivity index (χ3v) is 2.81. The number of carbonyl (C=O) groups excluding carboxylic acids is 1. The van der Waals surface area contributed by atoms with E-state index >= 15 is 0 Å². The van der Waals surface area contributed by atoms with Crippen molar-refractivity contribution in [1.82, 2.24) is 5.32 Å². The molecule has 1 amide bonds. The number of rotatable bonds is 4. The molecule has 0 heterocycles. The van der Waals surface area contributed by atoms with Gasteiger partial charge in [-0.3, -0.25) is 4.79 Å². The van der Waals surface area contributed by atoms with Crippen LogP contribution in [0.5, 0.6) is 0 Å². The molecule has 1 aromatic rings. The Bertz CT molecular complexity index is 452. The summed E-state index contributed by atoms with van der Waals surface area (Å²) >= 11 is 1.79. The number of aliphatic hydroxyl groups is 1. The van der Waals surface area contributed by atoms with E-state index in [1.54, 1.807) is 22.6 Å². The molecule has 0 aliphatic heterocycles. The zero-order chi connectivity index (χ0) is 13.0. The van der Waals surface area contributed by atoms with Gasteiger partial charge in [0.05, 0.1) is 12.1 Å². The molecule has 17 heavy (non-hydrogen) atoms. The van der Waals surface area contributed by atoms with Crippen LogP contribution in [0.4, 0.5) is 4.39 Å². The molecule has 0 aromatic heterocycles. The Hall–Kier alpha value is -1.22. The van der Waals surface area contributed by atoms with Crippen LogP contribution in [0.3, 0.4) is 0 Å². The van der Waals surface area contributed by atoms with Gasteiger partial charge in [0.25, 0.3) is 5.91 Å². The van der Waals surface area contributed by atoms with Crippen LogP contribution in [-0.2, 0) is 4.79 Å². The van der Waals surface area contributed by atoms with Crippen molar-refractivity contribution in [3.63, 3.8) is 0 Å². The number of carbonyl (C=O) groups is 2. The SMILES string of the molecule is O=C(NC[C@H](O)C(=O)O)c1ccc(F)cc1I. The normalized spacial score (nSPS) is 11.9. The van der Waals surface area contributed by atoms with E-state index in [2.05, 4.69) is 5.32 Å². The summed E-state index contributed by atoms with van der Waals surface area (Å²) in [6, 6.07) is 3.60. The van der Waals surface area contributed by atoms with Crippen molar-refractivity contribution in [2.24, 2.45) is 0 Å².